The van der Waals surface area contributed by atoms with Gasteiger partial charge in [0.1, 0.15) is 10.7 Å². The largest absolute Gasteiger partial charge is 0.416 e. The van der Waals surface area contributed by atoms with Gasteiger partial charge in [-0.3, -0.25) is 10.1 Å². The van der Waals surface area contributed by atoms with Gasteiger partial charge in [0, 0.05) is 30.0 Å². The molecule has 0 aliphatic heterocycles. The Morgan fingerprint density at radius 1 is 1.18 bits per heavy atom. The summed E-state index contributed by atoms with van der Waals surface area (Å²) < 4.78 is 38.3. The predicted octanol–water partition coefficient (Wildman–Crippen LogP) is 5.70. The summed E-state index contributed by atoms with van der Waals surface area (Å²) in [6.07, 6.45) is -4.14. The smallest absolute Gasteiger partial charge is 0.379 e. The minimum atomic E-state index is -4.63. The molecular weight excluding hydrogens is 391 g/mol. The molecule has 3 aromatic rings. The van der Waals surface area contributed by atoms with E-state index in [1.807, 2.05) is 36.6 Å². The van der Waals surface area contributed by atoms with Crippen LogP contribution in [0.2, 0.25) is 0 Å². The van der Waals surface area contributed by atoms with E-state index in [1.165, 1.54) is 11.3 Å². The second-order valence-electron chi connectivity index (χ2n) is 6.17. The quantitative estimate of drug-likeness (QED) is 0.420. The van der Waals surface area contributed by atoms with Gasteiger partial charge in [0.15, 0.2) is 0 Å². The van der Waals surface area contributed by atoms with Crippen molar-refractivity contribution in [2.75, 3.05) is 11.9 Å². The van der Waals surface area contributed by atoms with Gasteiger partial charge in [0.2, 0.25) is 0 Å². The highest BCUT2D eigenvalue weighted by Gasteiger charge is 2.33. The van der Waals surface area contributed by atoms with Crippen LogP contribution in [0, 0.1) is 17.0 Å². The van der Waals surface area contributed by atoms with Crippen molar-refractivity contribution >= 4 is 22.7 Å². The Bertz CT molecular complexity index is 985. The molecule has 0 saturated heterocycles. The maximum Gasteiger partial charge on any atom is 0.416 e. The van der Waals surface area contributed by atoms with E-state index in [2.05, 4.69) is 10.3 Å². The monoisotopic (exact) mass is 407 g/mol. The molecule has 146 valence electrons. The van der Waals surface area contributed by atoms with Crippen molar-refractivity contribution in [3.63, 3.8) is 0 Å². The van der Waals surface area contributed by atoms with E-state index in [1.54, 1.807) is 0 Å². The minimum absolute atomic E-state index is 0.0481. The van der Waals surface area contributed by atoms with Crippen LogP contribution in [-0.4, -0.2) is 16.5 Å². The van der Waals surface area contributed by atoms with Crippen LogP contribution in [0.15, 0.2) is 47.8 Å². The number of benzene rings is 2. The van der Waals surface area contributed by atoms with E-state index in [-0.39, 0.29) is 5.69 Å². The Morgan fingerprint density at radius 2 is 1.89 bits per heavy atom. The lowest BCUT2D eigenvalue weighted by atomic mass is 10.1. The molecule has 0 unspecified atom stereocenters. The van der Waals surface area contributed by atoms with Gasteiger partial charge in [-0.25, -0.2) is 4.98 Å². The number of rotatable bonds is 6. The molecule has 0 saturated carbocycles. The summed E-state index contributed by atoms with van der Waals surface area (Å²) in [5.41, 5.74) is 1.37. The van der Waals surface area contributed by atoms with Crippen LogP contribution < -0.4 is 5.32 Å². The topological polar surface area (TPSA) is 68.1 Å². The third-order valence-electron chi connectivity index (χ3n) is 4.07. The number of hydrogen-bond acceptors (Lipinski definition) is 5. The molecule has 0 amide bonds. The van der Waals surface area contributed by atoms with Gasteiger partial charge in [0.25, 0.3) is 5.69 Å². The van der Waals surface area contributed by atoms with Gasteiger partial charge in [0.05, 0.1) is 16.2 Å². The van der Waals surface area contributed by atoms with Gasteiger partial charge < -0.3 is 5.32 Å². The summed E-state index contributed by atoms with van der Waals surface area (Å²) >= 11 is 1.50. The van der Waals surface area contributed by atoms with Crippen molar-refractivity contribution in [2.45, 2.75) is 19.5 Å². The molecule has 1 heterocycles. The second kappa shape index (κ2) is 7.97. The molecule has 5 nitrogen and oxygen atoms in total. The van der Waals surface area contributed by atoms with Gasteiger partial charge in [-0.15, -0.1) is 11.3 Å². The van der Waals surface area contributed by atoms with Crippen molar-refractivity contribution in [3.8, 4) is 10.6 Å². The van der Waals surface area contributed by atoms with Crippen LogP contribution in [0.5, 0.6) is 0 Å². The average molecular weight is 407 g/mol. The number of thiazole rings is 1. The molecule has 1 aromatic heterocycles. The number of alkyl halides is 3. The fraction of sp³-hybridized carbons (Fsp3) is 0.211. The molecule has 1 N–H and O–H groups in total. The average Bonchev–Trinajstić information content (AvgIpc) is 3.10. The highest BCUT2D eigenvalue weighted by molar-refractivity contribution is 7.13. The Kier molecular flexibility index (Phi) is 5.64. The normalized spacial score (nSPS) is 11.4. The van der Waals surface area contributed by atoms with Crippen molar-refractivity contribution < 1.29 is 18.1 Å². The van der Waals surface area contributed by atoms with Gasteiger partial charge in [-0.2, -0.15) is 13.2 Å². The molecule has 0 aliphatic rings. The number of hydrogen-bond donors (Lipinski definition) is 1. The number of nitrogens with one attached hydrogen (secondary N) is 1. The first-order valence-corrected chi connectivity index (χ1v) is 9.23. The van der Waals surface area contributed by atoms with Crippen LogP contribution in [0.25, 0.3) is 10.6 Å². The van der Waals surface area contributed by atoms with E-state index in [0.29, 0.717) is 19.0 Å². The van der Waals surface area contributed by atoms with Gasteiger partial charge >= 0.3 is 6.18 Å². The Labute approximate surface area is 163 Å². The van der Waals surface area contributed by atoms with E-state index < -0.39 is 22.4 Å². The minimum Gasteiger partial charge on any atom is -0.379 e. The van der Waals surface area contributed by atoms with Crippen molar-refractivity contribution in [2.24, 2.45) is 0 Å². The molecule has 28 heavy (non-hydrogen) atoms. The lowest BCUT2D eigenvalue weighted by molar-refractivity contribution is -0.384. The molecule has 2 aromatic carbocycles. The van der Waals surface area contributed by atoms with Crippen LogP contribution in [0.3, 0.4) is 0 Å². The molecular formula is C19H16F3N3O2S. The van der Waals surface area contributed by atoms with Crippen LogP contribution in [0.1, 0.15) is 16.8 Å². The van der Waals surface area contributed by atoms with Crippen LogP contribution in [0.4, 0.5) is 24.5 Å². The number of nitro benzene ring substituents is 1. The van der Waals surface area contributed by atoms with Gasteiger partial charge in [-0.05, 0) is 19.1 Å². The molecule has 0 atom stereocenters. The first kappa shape index (κ1) is 19.8. The first-order valence-electron chi connectivity index (χ1n) is 8.35. The van der Waals surface area contributed by atoms with E-state index in [4.69, 9.17) is 0 Å². The van der Waals surface area contributed by atoms with Crippen LogP contribution in [-0.2, 0) is 12.6 Å². The molecule has 0 bridgehead atoms. The molecule has 0 spiro atoms. The molecule has 0 radical (unpaired) electrons. The number of nitro groups is 1. The first-order chi connectivity index (χ1) is 13.2. The van der Waals surface area contributed by atoms with E-state index in [0.717, 1.165) is 34.0 Å². The number of nitrogens with zero attached hydrogens (tertiary/aromatic N) is 2. The van der Waals surface area contributed by atoms with Crippen molar-refractivity contribution in [1.29, 1.82) is 0 Å². The van der Waals surface area contributed by atoms with Crippen molar-refractivity contribution in [1.82, 2.24) is 4.98 Å². The third kappa shape index (κ3) is 4.66. The molecule has 0 aliphatic carbocycles. The number of aryl methyl sites for hydroxylation is 1. The number of halogens is 3. The summed E-state index contributed by atoms with van der Waals surface area (Å²) in [6, 6.07) is 10.4. The van der Waals surface area contributed by atoms with E-state index >= 15 is 0 Å². The van der Waals surface area contributed by atoms with Crippen LogP contribution >= 0.6 is 11.3 Å². The summed E-state index contributed by atoms with van der Waals surface area (Å²) in [5.74, 6) is 0. The maximum atomic E-state index is 12.8. The number of aromatic nitrogens is 1. The summed E-state index contributed by atoms with van der Waals surface area (Å²) in [5, 5.41) is 16.7. The summed E-state index contributed by atoms with van der Waals surface area (Å²) in [6.45, 7) is 2.31. The highest BCUT2D eigenvalue weighted by Crippen LogP contribution is 2.35. The Morgan fingerprint density at radius 3 is 2.54 bits per heavy atom. The fourth-order valence-electron chi connectivity index (χ4n) is 2.58. The predicted molar refractivity (Wildman–Crippen MR) is 103 cm³/mol. The lowest BCUT2D eigenvalue weighted by Crippen LogP contribution is -2.10. The number of anilines is 1. The fourth-order valence-corrected chi connectivity index (χ4v) is 3.44. The maximum absolute atomic E-state index is 12.8. The van der Waals surface area contributed by atoms with Gasteiger partial charge in [-0.1, -0.05) is 29.8 Å². The third-order valence-corrected chi connectivity index (χ3v) is 5.01. The van der Waals surface area contributed by atoms with Crippen molar-refractivity contribution in [3.05, 3.63) is 74.8 Å². The lowest BCUT2D eigenvalue weighted by Gasteiger charge is -2.10. The Hall–Kier alpha value is -2.94. The zero-order valence-electron chi connectivity index (χ0n) is 14.8. The standard InChI is InChI=1S/C19H16F3N3O2S/c1-12-2-4-13(5-3-12)18-24-15(11-28-18)8-9-23-16-7-6-14(19(20,21)22)10-17(16)25(26)27/h2-7,10-11,23H,8-9H2,1H3. The highest BCUT2D eigenvalue weighted by atomic mass is 32.1. The summed E-state index contributed by atoms with van der Waals surface area (Å²) in [7, 11) is 0. The zero-order valence-corrected chi connectivity index (χ0v) is 15.6. The summed E-state index contributed by atoms with van der Waals surface area (Å²) in [4.78, 5) is 14.8. The molecule has 0 fully saturated rings. The second-order valence-corrected chi connectivity index (χ2v) is 7.03. The van der Waals surface area contributed by atoms with E-state index in [9.17, 15) is 23.3 Å². The SMILES string of the molecule is Cc1ccc(-c2nc(CCNc3ccc(C(F)(F)F)cc3[N+](=O)[O-])cs2)cc1. The Balaban J connectivity index is 1.67. The zero-order chi connectivity index (χ0) is 20.3. The molecule has 3 rings (SSSR count). The molecule has 9 heteroatoms.